The van der Waals surface area contributed by atoms with Crippen LogP contribution >= 0.6 is 27.3 Å². The first-order valence-electron chi connectivity index (χ1n) is 6.16. The van der Waals surface area contributed by atoms with E-state index in [2.05, 4.69) is 50.7 Å². The van der Waals surface area contributed by atoms with E-state index in [0.29, 0.717) is 6.04 Å². The summed E-state index contributed by atoms with van der Waals surface area (Å²) in [4.78, 5) is 5.60. The molecular formula is C14H17BrN2S. The number of nitrogens with zero attached hydrogens (tertiary/aromatic N) is 1. The van der Waals surface area contributed by atoms with Gasteiger partial charge in [-0.25, -0.2) is 0 Å². The van der Waals surface area contributed by atoms with Gasteiger partial charge in [-0.2, -0.15) is 0 Å². The first-order chi connectivity index (χ1) is 8.81. The predicted molar refractivity (Wildman–Crippen MR) is 81.0 cm³/mol. The van der Waals surface area contributed by atoms with Crippen LogP contribution in [0, 0.1) is 0 Å². The van der Waals surface area contributed by atoms with Crippen LogP contribution < -0.4 is 5.32 Å². The van der Waals surface area contributed by atoms with E-state index in [1.165, 1.54) is 14.9 Å². The Morgan fingerprint density at radius 3 is 2.94 bits per heavy atom. The molecule has 0 aliphatic heterocycles. The molecule has 2 nitrogen and oxygen atoms in total. The molecule has 1 atom stereocenters. The third-order valence-electron chi connectivity index (χ3n) is 2.81. The van der Waals surface area contributed by atoms with E-state index in [-0.39, 0.29) is 0 Å². The second-order valence-corrected chi connectivity index (χ2v) is 6.04. The van der Waals surface area contributed by atoms with Crippen molar-refractivity contribution in [2.75, 3.05) is 6.54 Å². The summed E-state index contributed by atoms with van der Waals surface area (Å²) in [5.41, 5.74) is 1.26. The molecule has 96 valence electrons. The Morgan fingerprint density at radius 2 is 2.33 bits per heavy atom. The summed E-state index contributed by atoms with van der Waals surface area (Å²) < 4.78 is 1.21. The average Bonchev–Trinajstić information content (AvgIpc) is 2.81. The Labute approximate surface area is 121 Å². The van der Waals surface area contributed by atoms with Crippen LogP contribution in [0.1, 0.15) is 29.8 Å². The number of aromatic nitrogens is 1. The van der Waals surface area contributed by atoms with Gasteiger partial charge in [-0.1, -0.05) is 13.0 Å². The van der Waals surface area contributed by atoms with E-state index in [0.717, 1.165) is 19.4 Å². The monoisotopic (exact) mass is 324 g/mol. The highest BCUT2D eigenvalue weighted by Crippen LogP contribution is 2.28. The molecule has 0 aliphatic rings. The first kappa shape index (κ1) is 13.7. The number of halogens is 1. The summed E-state index contributed by atoms with van der Waals surface area (Å²) in [5, 5.41) is 5.72. The largest absolute Gasteiger partial charge is 0.310 e. The Kier molecular flexibility index (Phi) is 5.35. The molecular weight excluding hydrogens is 308 g/mol. The number of hydrogen-bond donors (Lipinski definition) is 1. The van der Waals surface area contributed by atoms with Crippen molar-refractivity contribution in [1.29, 1.82) is 0 Å². The lowest BCUT2D eigenvalue weighted by molar-refractivity contribution is 0.530. The average molecular weight is 325 g/mol. The van der Waals surface area contributed by atoms with Gasteiger partial charge in [0.05, 0.1) is 0 Å². The first-order valence-corrected chi connectivity index (χ1v) is 7.83. The van der Waals surface area contributed by atoms with Crippen LogP contribution in [0.2, 0.25) is 0 Å². The van der Waals surface area contributed by atoms with E-state index < -0.39 is 0 Å². The zero-order valence-corrected chi connectivity index (χ0v) is 12.8. The van der Waals surface area contributed by atoms with Gasteiger partial charge in [-0.15, -0.1) is 11.3 Å². The zero-order chi connectivity index (χ0) is 12.8. The Morgan fingerprint density at radius 1 is 1.44 bits per heavy atom. The van der Waals surface area contributed by atoms with Crippen LogP contribution in [0.5, 0.6) is 0 Å². The second-order valence-electron chi connectivity index (χ2n) is 4.19. The van der Waals surface area contributed by atoms with Gasteiger partial charge in [0.2, 0.25) is 0 Å². The van der Waals surface area contributed by atoms with E-state index in [1.54, 1.807) is 11.3 Å². The van der Waals surface area contributed by atoms with Gasteiger partial charge in [0, 0.05) is 34.2 Å². The normalized spacial score (nSPS) is 12.6. The minimum absolute atomic E-state index is 0.341. The number of thiophene rings is 1. The van der Waals surface area contributed by atoms with E-state index >= 15 is 0 Å². The standard InChI is InChI=1S/C14H17BrN2S/c1-2-6-17-13(11-4-3-7-16-10-11)9-14-12(15)5-8-18-14/h3-5,7-8,10,13,17H,2,6,9H2,1H3. The van der Waals surface area contributed by atoms with Crippen LogP contribution in [-0.4, -0.2) is 11.5 Å². The number of nitrogens with one attached hydrogen (secondary N) is 1. The van der Waals surface area contributed by atoms with Crippen molar-refractivity contribution in [1.82, 2.24) is 10.3 Å². The maximum Gasteiger partial charge on any atom is 0.0384 e. The molecule has 2 aromatic heterocycles. The van der Waals surface area contributed by atoms with Crippen LogP contribution in [0.25, 0.3) is 0 Å². The lowest BCUT2D eigenvalue weighted by Gasteiger charge is -2.18. The van der Waals surface area contributed by atoms with Crippen LogP contribution in [0.3, 0.4) is 0 Å². The van der Waals surface area contributed by atoms with Gasteiger partial charge in [0.25, 0.3) is 0 Å². The van der Waals surface area contributed by atoms with Crippen molar-refractivity contribution in [2.24, 2.45) is 0 Å². The fourth-order valence-electron chi connectivity index (χ4n) is 1.86. The lowest BCUT2D eigenvalue weighted by atomic mass is 10.0. The predicted octanol–water partition coefficient (Wildman–Crippen LogP) is 4.19. The molecule has 0 bridgehead atoms. The molecule has 1 N–H and O–H groups in total. The molecule has 2 rings (SSSR count). The van der Waals surface area contributed by atoms with Crippen LogP contribution in [0.15, 0.2) is 40.4 Å². The summed E-state index contributed by atoms with van der Waals surface area (Å²) >= 11 is 5.40. The van der Waals surface area contributed by atoms with Gasteiger partial charge >= 0.3 is 0 Å². The Hall–Kier alpha value is -0.710. The van der Waals surface area contributed by atoms with Crippen molar-refractivity contribution >= 4 is 27.3 Å². The summed E-state index contributed by atoms with van der Waals surface area (Å²) in [6.45, 7) is 3.22. The van der Waals surface area contributed by atoms with Crippen molar-refractivity contribution in [3.05, 3.63) is 50.9 Å². The molecule has 2 aromatic rings. The third kappa shape index (κ3) is 3.64. The quantitative estimate of drug-likeness (QED) is 0.861. The smallest absolute Gasteiger partial charge is 0.0384 e. The molecule has 0 amide bonds. The summed E-state index contributed by atoms with van der Waals surface area (Å²) in [7, 11) is 0. The van der Waals surface area contributed by atoms with Gasteiger partial charge in [0.1, 0.15) is 0 Å². The van der Waals surface area contributed by atoms with Crippen molar-refractivity contribution in [3.63, 3.8) is 0 Å². The minimum Gasteiger partial charge on any atom is -0.310 e. The highest BCUT2D eigenvalue weighted by Gasteiger charge is 2.14. The van der Waals surface area contributed by atoms with Gasteiger partial charge in [-0.05, 0) is 52.0 Å². The molecule has 1 unspecified atom stereocenters. The molecule has 0 spiro atoms. The van der Waals surface area contributed by atoms with Crippen LogP contribution in [-0.2, 0) is 6.42 Å². The molecule has 18 heavy (non-hydrogen) atoms. The summed E-state index contributed by atoms with van der Waals surface area (Å²) in [5.74, 6) is 0. The SMILES string of the molecule is CCCNC(Cc1sccc1Br)c1cccnc1. The fraction of sp³-hybridized carbons (Fsp3) is 0.357. The topological polar surface area (TPSA) is 24.9 Å². The highest BCUT2D eigenvalue weighted by molar-refractivity contribution is 9.10. The Balaban J connectivity index is 2.13. The lowest BCUT2D eigenvalue weighted by Crippen LogP contribution is -2.24. The second kappa shape index (κ2) is 7.02. The maximum absolute atomic E-state index is 4.22. The molecule has 4 heteroatoms. The molecule has 0 fully saturated rings. The minimum atomic E-state index is 0.341. The van der Waals surface area contributed by atoms with E-state index in [1.807, 2.05) is 18.5 Å². The molecule has 2 heterocycles. The summed E-state index contributed by atoms with van der Waals surface area (Å²) in [6, 6.07) is 6.59. The van der Waals surface area contributed by atoms with Gasteiger partial charge < -0.3 is 5.32 Å². The number of rotatable bonds is 6. The maximum atomic E-state index is 4.22. The van der Waals surface area contributed by atoms with Crippen molar-refractivity contribution in [3.8, 4) is 0 Å². The molecule has 0 saturated carbocycles. The summed E-state index contributed by atoms with van der Waals surface area (Å²) in [6.07, 6.45) is 5.92. The van der Waals surface area contributed by atoms with Crippen molar-refractivity contribution < 1.29 is 0 Å². The fourth-order valence-corrected chi connectivity index (χ4v) is 3.43. The van der Waals surface area contributed by atoms with Gasteiger partial charge in [-0.3, -0.25) is 4.98 Å². The van der Waals surface area contributed by atoms with Crippen molar-refractivity contribution in [2.45, 2.75) is 25.8 Å². The molecule has 0 aliphatic carbocycles. The highest BCUT2D eigenvalue weighted by atomic mass is 79.9. The number of hydrogen-bond acceptors (Lipinski definition) is 3. The third-order valence-corrected chi connectivity index (χ3v) is 4.76. The van der Waals surface area contributed by atoms with Crippen LogP contribution in [0.4, 0.5) is 0 Å². The number of pyridine rings is 1. The molecule has 0 saturated heterocycles. The van der Waals surface area contributed by atoms with Gasteiger partial charge in [0.15, 0.2) is 0 Å². The zero-order valence-electron chi connectivity index (χ0n) is 10.4. The van der Waals surface area contributed by atoms with E-state index in [4.69, 9.17) is 0 Å². The molecule has 0 radical (unpaired) electrons. The Bertz CT molecular complexity index is 470. The molecule has 0 aromatic carbocycles. The van der Waals surface area contributed by atoms with E-state index in [9.17, 15) is 0 Å².